The van der Waals surface area contributed by atoms with Crippen LogP contribution in [0.1, 0.15) is 33.6 Å². The van der Waals surface area contributed by atoms with Crippen LogP contribution in [0.4, 0.5) is 0 Å². The first-order chi connectivity index (χ1) is 7.56. The van der Waals surface area contributed by atoms with Gasteiger partial charge in [0.2, 0.25) is 0 Å². The minimum atomic E-state index is -0.493. The number of aliphatic hydroxyl groups excluding tert-OH is 2. The molecular weight excluding hydrogens is 206 g/mol. The highest BCUT2D eigenvalue weighted by Crippen LogP contribution is 1.95. The maximum absolute atomic E-state index is 9.54. The molecule has 16 heavy (non-hydrogen) atoms. The van der Waals surface area contributed by atoms with E-state index < -0.39 is 6.10 Å². The van der Waals surface area contributed by atoms with E-state index in [2.05, 4.69) is 19.2 Å². The molecule has 0 radical (unpaired) electrons. The molecule has 0 saturated heterocycles. The van der Waals surface area contributed by atoms with Gasteiger partial charge in [0.25, 0.3) is 0 Å². The Balaban J connectivity index is 3.32. The van der Waals surface area contributed by atoms with Gasteiger partial charge >= 0.3 is 0 Å². The minimum Gasteiger partial charge on any atom is -0.392 e. The Kier molecular flexibility index (Phi) is 9.92. The topological polar surface area (TPSA) is 61.7 Å². The van der Waals surface area contributed by atoms with Gasteiger partial charge in [-0.25, -0.2) is 0 Å². The molecule has 0 aliphatic heterocycles. The number of hydrogen-bond donors (Lipinski definition) is 3. The zero-order valence-electron chi connectivity index (χ0n) is 10.8. The highest BCUT2D eigenvalue weighted by Gasteiger charge is 2.06. The summed E-state index contributed by atoms with van der Waals surface area (Å²) >= 11 is 0. The largest absolute Gasteiger partial charge is 0.392 e. The summed E-state index contributed by atoms with van der Waals surface area (Å²) in [6.07, 6.45) is 0.969. The van der Waals surface area contributed by atoms with Gasteiger partial charge in [0.05, 0.1) is 18.8 Å². The predicted molar refractivity (Wildman–Crippen MR) is 65.4 cm³/mol. The van der Waals surface area contributed by atoms with E-state index in [4.69, 9.17) is 4.74 Å². The predicted octanol–water partition coefficient (Wildman–Crippen LogP) is 0.770. The van der Waals surface area contributed by atoms with Crippen LogP contribution in [0.15, 0.2) is 0 Å². The summed E-state index contributed by atoms with van der Waals surface area (Å²) in [6, 6.07) is 0. The van der Waals surface area contributed by atoms with Crippen molar-refractivity contribution in [2.75, 3.05) is 26.3 Å². The van der Waals surface area contributed by atoms with Crippen molar-refractivity contribution in [3.8, 4) is 0 Å². The van der Waals surface area contributed by atoms with Gasteiger partial charge < -0.3 is 20.3 Å². The molecule has 0 aromatic heterocycles. The van der Waals surface area contributed by atoms with Crippen molar-refractivity contribution in [2.24, 2.45) is 5.92 Å². The van der Waals surface area contributed by atoms with Crippen molar-refractivity contribution < 1.29 is 14.9 Å². The van der Waals surface area contributed by atoms with E-state index in [-0.39, 0.29) is 6.10 Å². The molecule has 0 fully saturated rings. The van der Waals surface area contributed by atoms with Gasteiger partial charge in [0, 0.05) is 19.7 Å². The molecule has 0 aliphatic carbocycles. The third-order valence-electron chi connectivity index (χ3n) is 2.14. The second-order valence-corrected chi connectivity index (χ2v) is 4.69. The standard InChI is InChI=1S/C12H27NO3/c1-4-5-11(14)6-13-7-12(15)9-16-8-10(2)3/h10-15H,4-9H2,1-3H3. The Morgan fingerprint density at radius 3 is 2.25 bits per heavy atom. The molecule has 0 aromatic rings. The molecule has 0 bridgehead atoms. The lowest BCUT2D eigenvalue weighted by Crippen LogP contribution is -2.35. The van der Waals surface area contributed by atoms with Gasteiger partial charge in [-0.2, -0.15) is 0 Å². The molecule has 0 rings (SSSR count). The maximum atomic E-state index is 9.54. The van der Waals surface area contributed by atoms with Crippen LogP contribution >= 0.6 is 0 Å². The van der Waals surface area contributed by atoms with Crippen molar-refractivity contribution >= 4 is 0 Å². The van der Waals surface area contributed by atoms with E-state index in [1.165, 1.54) is 0 Å². The molecule has 0 spiro atoms. The van der Waals surface area contributed by atoms with Gasteiger partial charge in [0.1, 0.15) is 0 Å². The molecular formula is C12H27NO3. The number of hydrogen-bond acceptors (Lipinski definition) is 4. The molecule has 0 aromatic carbocycles. The molecule has 0 aliphatic rings. The molecule has 98 valence electrons. The Morgan fingerprint density at radius 1 is 1.06 bits per heavy atom. The van der Waals surface area contributed by atoms with Crippen molar-refractivity contribution in [1.82, 2.24) is 5.32 Å². The van der Waals surface area contributed by atoms with Crippen LogP contribution in [-0.2, 0) is 4.74 Å². The van der Waals surface area contributed by atoms with E-state index in [0.717, 1.165) is 12.8 Å². The third-order valence-corrected chi connectivity index (χ3v) is 2.14. The van der Waals surface area contributed by atoms with E-state index in [1.54, 1.807) is 0 Å². The maximum Gasteiger partial charge on any atom is 0.0897 e. The van der Waals surface area contributed by atoms with Crippen LogP contribution in [0.25, 0.3) is 0 Å². The van der Waals surface area contributed by atoms with Crippen molar-refractivity contribution in [2.45, 2.75) is 45.8 Å². The van der Waals surface area contributed by atoms with Gasteiger partial charge in [-0.1, -0.05) is 27.2 Å². The summed E-state index contributed by atoms with van der Waals surface area (Å²) in [5.41, 5.74) is 0. The molecule has 3 N–H and O–H groups in total. The van der Waals surface area contributed by atoms with Crippen LogP contribution in [0.2, 0.25) is 0 Å². The lowest BCUT2D eigenvalue weighted by atomic mass is 10.2. The van der Waals surface area contributed by atoms with Gasteiger partial charge in [-0.05, 0) is 12.3 Å². The van der Waals surface area contributed by atoms with Gasteiger partial charge in [0.15, 0.2) is 0 Å². The second-order valence-electron chi connectivity index (χ2n) is 4.69. The lowest BCUT2D eigenvalue weighted by Gasteiger charge is -2.15. The Hall–Kier alpha value is -0.160. The second kappa shape index (κ2) is 10.0. The number of rotatable bonds is 10. The van der Waals surface area contributed by atoms with Crippen molar-refractivity contribution in [1.29, 1.82) is 0 Å². The fourth-order valence-electron chi connectivity index (χ4n) is 1.35. The van der Waals surface area contributed by atoms with Crippen LogP contribution in [-0.4, -0.2) is 48.7 Å². The van der Waals surface area contributed by atoms with Gasteiger partial charge in [-0.15, -0.1) is 0 Å². The molecule has 2 atom stereocenters. The molecule has 4 nitrogen and oxygen atoms in total. The Labute approximate surface area is 99.0 Å². The summed E-state index contributed by atoms with van der Waals surface area (Å²) in [4.78, 5) is 0. The Bertz CT molecular complexity index is 153. The van der Waals surface area contributed by atoms with E-state index >= 15 is 0 Å². The monoisotopic (exact) mass is 233 g/mol. The number of nitrogens with one attached hydrogen (secondary N) is 1. The molecule has 2 unspecified atom stereocenters. The summed E-state index contributed by atoms with van der Waals surface area (Å²) in [5, 5.41) is 22.0. The van der Waals surface area contributed by atoms with Crippen LogP contribution in [0.5, 0.6) is 0 Å². The average Bonchev–Trinajstić information content (AvgIpc) is 2.17. The molecule has 0 saturated carbocycles. The summed E-state index contributed by atoms with van der Waals surface area (Å²) in [7, 11) is 0. The highest BCUT2D eigenvalue weighted by atomic mass is 16.5. The quantitative estimate of drug-likeness (QED) is 0.521. The molecule has 0 amide bonds. The first kappa shape index (κ1) is 15.8. The first-order valence-corrected chi connectivity index (χ1v) is 6.20. The first-order valence-electron chi connectivity index (χ1n) is 6.20. The van der Waals surface area contributed by atoms with Crippen molar-refractivity contribution in [3.63, 3.8) is 0 Å². The van der Waals surface area contributed by atoms with Crippen LogP contribution < -0.4 is 5.32 Å². The number of ether oxygens (including phenoxy) is 1. The molecule has 4 heteroatoms. The van der Waals surface area contributed by atoms with E-state index in [0.29, 0.717) is 32.2 Å². The normalized spacial score (nSPS) is 15.4. The lowest BCUT2D eigenvalue weighted by molar-refractivity contribution is 0.0246. The fourth-order valence-corrected chi connectivity index (χ4v) is 1.35. The molecule has 0 heterocycles. The third kappa shape index (κ3) is 10.4. The van der Waals surface area contributed by atoms with E-state index in [9.17, 15) is 10.2 Å². The summed E-state index contributed by atoms with van der Waals surface area (Å²) < 4.78 is 5.31. The fraction of sp³-hybridized carbons (Fsp3) is 1.00. The minimum absolute atomic E-state index is 0.311. The zero-order chi connectivity index (χ0) is 12.4. The van der Waals surface area contributed by atoms with E-state index in [1.807, 2.05) is 6.92 Å². The number of aliphatic hydroxyl groups is 2. The zero-order valence-corrected chi connectivity index (χ0v) is 10.8. The van der Waals surface area contributed by atoms with Gasteiger partial charge in [-0.3, -0.25) is 0 Å². The smallest absolute Gasteiger partial charge is 0.0897 e. The summed E-state index contributed by atoms with van der Waals surface area (Å²) in [6.45, 7) is 8.23. The van der Waals surface area contributed by atoms with Crippen LogP contribution in [0.3, 0.4) is 0 Å². The highest BCUT2D eigenvalue weighted by molar-refractivity contribution is 4.63. The van der Waals surface area contributed by atoms with Crippen LogP contribution in [0, 0.1) is 5.92 Å². The SMILES string of the molecule is CCCC(O)CNCC(O)COCC(C)C. The summed E-state index contributed by atoms with van der Waals surface area (Å²) in [5.74, 6) is 0.492. The Morgan fingerprint density at radius 2 is 1.69 bits per heavy atom. The van der Waals surface area contributed by atoms with Crippen molar-refractivity contribution in [3.05, 3.63) is 0 Å². The average molecular weight is 233 g/mol.